The molecule has 3 nitrogen and oxygen atoms in total. The van der Waals surface area contributed by atoms with Crippen molar-refractivity contribution >= 4 is 11.6 Å². The second kappa shape index (κ2) is 19.2. The molecule has 0 saturated heterocycles. The Balaban J connectivity index is 3.25. The Morgan fingerprint density at radius 1 is 0.818 bits per heavy atom. The van der Waals surface area contributed by atoms with Crippen molar-refractivity contribution < 1.29 is 14.6 Å². The van der Waals surface area contributed by atoms with Crippen LogP contribution in [0.4, 0.5) is 0 Å². The summed E-state index contributed by atoms with van der Waals surface area (Å²) in [5.74, 6) is 0.553. The summed E-state index contributed by atoms with van der Waals surface area (Å²) < 4.78 is 10.8. The number of ether oxygens (including phenoxy) is 2. The first-order valence-corrected chi connectivity index (χ1v) is 9.74. The molecule has 134 valence electrons. The fourth-order valence-electron chi connectivity index (χ4n) is 2.50. The number of alkyl halides is 1. The molecule has 0 aliphatic rings. The van der Waals surface area contributed by atoms with E-state index in [2.05, 4.69) is 6.92 Å². The second-order valence-corrected chi connectivity index (χ2v) is 6.26. The molecule has 0 bridgehead atoms. The average molecular weight is 337 g/mol. The van der Waals surface area contributed by atoms with Gasteiger partial charge in [-0.05, 0) is 6.42 Å². The van der Waals surface area contributed by atoms with Gasteiger partial charge in [-0.3, -0.25) is 0 Å². The minimum atomic E-state index is 0.0670. The van der Waals surface area contributed by atoms with E-state index in [9.17, 15) is 0 Å². The van der Waals surface area contributed by atoms with Gasteiger partial charge in [0.05, 0.1) is 32.5 Å². The van der Waals surface area contributed by atoms with Gasteiger partial charge in [-0.2, -0.15) is 0 Å². The molecule has 1 atom stereocenters. The zero-order valence-electron chi connectivity index (χ0n) is 14.5. The SMILES string of the molecule is CCCCCCCCCCCC[C@H](CCl)OCCOCCO. The maximum absolute atomic E-state index is 8.59. The van der Waals surface area contributed by atoms with Crippen molar-refractivity contribution in [1.82, 2.24) is 0 Å². The van der Waals surface area contributed by atoms with Crippen LogP contribution in [0.3, 0.4) is 0 Å². The van der Waals surface area contributed by atoms with Crippen molar-refractivity contribution in [2.45, 2.75) is 83.7 Å². The van der Waals surface area contributed by atoms with Crippen LogP contribution in [0.2, 0.25) is 0 Å². The first-order chi connectivity index (χ1) is 10.8. The van der Waals surface area contributed by atoms with Gasteiger partial charge in [0.2, 0.25) is 0 Å². The van der Waals surface area contributed by atoms with E-state index in [4.69, 9.17) is 26.2 Å². The van der Waals surface area contributed by atoms with Gasteiger partial charge in [0.15, 0.2) is 0 Å². The normalized spacial score (nSPS) is 12.7. The third-order valence-electron chi connectivity index (χ3n) is 3.87. The summed E-state index contributed by atoms with van der Waals surface area (Å²) in [6, 6.07) is 0. The number of hydrogen-bond donors (Lipinski definition) is 1. The molecule has 0 aliphatic carbocycles. The van der Waals surface area contributed by atoms with Gasteiger partial charge in [0.1, 0.15) is 0 Å². The van der Waals surface area contributed by atoms with Gasteiger partial charge in [-0.1, -0.05) is 71.1 Å². The molecule has 1 N–H and O–H groups in total. The van der Waals surface area contributed by atoms with E-state index in [0.717, 1.165) is 6.42 Å². The Hall–Kier alpha value is 0.170. The quantitative estimate of drug-likeness (QED) is 0.285. The zero-order valence-corrected chi connectivity index (χ0v) is 15.3. The summed E-state index contributed by atoms with van der Waals surface area (Å²) in [4.78, 5) is 0. The minimum absolute atomic E-state index is 0.0670. The van der Waals surface area contributed by atoms with E-state index >= 15 is 0 Å². The van der Waals surface area contributed by atoms with Gasteiger partial charge < -0.3 is 14.6 Å². The predicted molar refractivity (Wildman–Crippen MR) is 94.8 cm³/mol. The summed E-state index contributed by atoms with van der Waals surface area (Å²) in [5.41, 5.74) is 0. The van der Waals surface area contributed by atoms with Crippen molar-refractivity contribution in [1.29, 1.82) is 0 Å². The molecular weight excluding hydrogens is 300 g/mol. The van der Waals surface area contributed by atoms with Crippen LogP contribution < -0.4 is 0 Å². The molecule has 0 unspecified atom stereocenters. The maximum Gasteiger partial charge on any atom is 0.0711 e. The minimum Gasteiger partial charge on any atom is -0.394 e. The highest BCUT2D eigenvalue weighted by molar-refractivity contribution is 6.18. The van der Waals surface area contributed by atoms with E-state index in [1.54, 1.807) is 0 Å². The summed E-state index contributed by atoms with van der Waals surface area (Å²) in [5, 5.41) is 8.59. The lowest BCUT2D eigenvalue weighted by molar-refractivity contribution is 0.00202. The number of hydrogen-bond acceptors (Lipinski definition) is 3. The van der Waals surface area contributed by atoms with E-state index < -0.39 is 0 Å². The molecule has 0 radical (unpaired) electrons. The van der Waals surface area contributed by atoms with Crippen LogP contribution in [0.1, 0.15) is 77.6 Å². The predicted octanol–water partition coefficient (Wildman–Crippen LogP) is 4.93. The highest BCUT2D eigenvalue weighted by Gasteiger charge is 2.07. The number of unbranched alkanes of at least 4 members (excludes halogenated alkanes) is 9. The Morgan fingerprint density at radius 2 is 1.41 bits per heavy atom. The van der Waals surface area contributed by atoms with Crippen molar-refractivity contribution in [2.24, 2.45) is 0 Å². The van der Waals surface area contributed by atoms with Gasteiger partial charge in [0.25, 0.3) is 0 Å². The summed E-state index contributed by atoms with van der Waals surface area (Å²) in [6.07, 6.45) is 14.7. The molecular formula is C18H37ClO3. The van der Waals surface area contributed by atoms with Crippen LogP contribution >= 0.6 is 11.6 Å². The van der Waals surface area contributed by atoms with Gasteiger partial charge in [-0.25, -0.2) is 0 Å². The molecule has 0 aromatic rings. The topological polar surface area (TPSA) is 38.7 Å². The van der Waals surface area contributed by atoms with Crippen molar-refractivity contribution in [3.63, 3.8) is 0 Å². The fraction of sp³-hybridized carbons (Fsp3) is 1.00. The smallest absolute Gasteiger partial charge is 0.0711 e. The number of rotatable bonds is 18. The summed E-state index contributed by atoms with van der Waals surface area (Å²) in [6.45, 7) is 3.81. The Morgan fingerprint density at radius 3 is 1.95 bits per heavy atom. The standard InChI is InChI=1S/C18H37ClO3/c1-2-3-4-5-6-7-8-9-10-11-12-18(17-19)22-16-15-21-14-13-20/h18,20H,2-17H2,1H3/t18-/m1/s1. The van der Waals surface area contributed by atoms with Crippen LogP contribution in [0.15, 0.2) is 0 Å². The van der Waals surface area contributed by atoms with Crippen molar-refractivity contribution in [3.05, 3.63) is 0 Å². The van der Waals surface area contributed by atoms with E-state index in [1.807, 2.05) is 0 Å². The Kier molecular flexibility index (Phi) is 19.4. The lowest BCUT2D eigenvalue weighted by Gasteiger charge is -2.15. The summed E-state index contributed by atoms with van der Waals surface area (Å²) in [7, 11) is 0. The first kappa shape index (κ1) is 22.2. The average Bonchev–Trinajstić information content (AvgIpc) is 2.54. The molecule has 4 heteroatoms. The fourth-order valence-corrected chi connectivity index (χ4v) is 2.75. The van der Waals surface area contributed by atoms with Crippen LogP contribution in [0.5, 0.6) is 0 Å². The molecule has 0 rings (SSSR count). The molecule has 0 aromatic carbocycles. The van der Waals surface area contributed by atoms with Gasteiger partial charge in [-0.15, -0.1) is 11.6 Å². The van der Waals surface area contributed by atoms with Gasteiger partial charge >= 0.3 is 0 Å². The third kappa shape index (κ3) is 16.5. The molecule has 0 fully saturated rings. The van der Waals surface area contributed by atoms with E-state index in [0.29, 0.717) is 25.7 Å². The summed E-state index contributed by atoms with van der Waals surface area (Å²) >= 11 is 5.92. The van der Waals surface area contributed by atoms with Crippen molar-refractivity contribution in [3.8, 4) is 0 Å². The zero-order chi connectivity index (χ0) is 16.3. The third-order valence-corrected chi connectivity index (χ3v) is 4.21. The highest BCUT2D eigenvalue weighted by Crippen LogP contribution is 2.13. The lowest BCUT2D eigenvalue weighted by atomic mass is 10.0. The number of halogens is 1. The monoisotopic (exact) mass is 336 g/mol. The molecule has 0 aromatic heterocycles. The lowest BCUT2D eigenvalue weighted by Crippen LogP contribution is -2.18. The largest absolute Gasteiger partial charge is 0.394 e. The second-order valence-electron chi connectivity index (χ2n) is 5.95. The molecule has 0 amide bonds. The van der Waals surface area contributed by atoms with Crippen LogP contribution in [-0.2, 0) is 9.47 Å². The maximum atomic E-state index is 8.59. The van der Waals surface area contributed by atoms with Crippen molar-refractivity contribution in [2.75, 3.05) is 32.3 Å². The number of aliphatic hydroxyl groups is 1. The van der Waals surface area contributed by atoms with Crippen LogP contribution in [0, 0.1) is 0 Å². The molecule has 0 aliphatic heterocycles. The highest BCUT2D eigenvalue weighted by atomic mass is 35.5. The van der Waals surface area contributed by atoms with Gasteiger partial charge in [0, 0.05) is 5.88 Å². The molecule has 0 spiro atoms. The molecule has 0 heterocycles. The first-order valence-electron chi connectivity index (χ1n) is 9.21. The Bertz CT molecular complexity index is 203. The molecule has 0 saturated carbocycles. The number of aliphatic hydroxyl groups excluding tert-OH is 1. The Labute approximate surface area is 142 Å². The molecule has 22 heavy (non-hydrogen) atoms. The van der Waals surface area contributed by atoms with E-state index in [-0.39, 0.29) is 12.7 Å². The van der Waals surface area contributed by atoms with Crippen LogP contribution in [-0.4, -0.2) is 43.5 Å². The van der Waals surface area contributed by atoms with Crippen LogP contribution in [0.25, 0.3) is 0 Å². The van der Waals surface area contributed by atoms with E-state index in [1.165, 1.54) is 64.2 Å².